The predicted molar refractivity (Wildman–Crippen MR) is 105 cm³/mol. The van der Waals surface area contributed by atoms with E-state index >= 15 is 0 Å². The topological polar surface area (TPSA) is 67.4 Å². The van der Waals surface area contributed by atoms with E-state index in [1.165, 1.54) is 6.92 Å². The lowest BCUT2D eigenvalue weighted by atomic mass is 10.1. The molecule has 0 radical (unpaired) electrons. The minimum Gasteiger partial charge on any atom is -0.457 e. The van der Waals surface area contributed by atoms with Crippen LogP contribution in [0.15, 0.2) is 78.9 Å². The van der Waals surface area contributed by atoms with Gasteiger partial charge in [-0.15, -0.1) is 0 Å². The fraction of sp³-hybridized carbons (Fsp3) is 0.0909. The lowest BCUT2D eigenvalue weighted by Crippen LogP contribution is -2.23. The van der Waals surface area contributed by atoms with Crippen LogP contribution in [0.4, 0.5) is 5.69 Å². The zero-order valence-electron chi connectivity index (χ0n) is 14.9. The molecule has 0 saturated carbocycles. The Morgan fingerprint density at radius 3 is 2.22 bits per heavy atom. The maximum absolute atomic E-state index is 12.6. The zero-order valence-corrected chi connectivity index (χ0v) is 14.9. The number of nitrogens with one attached hydrogen (secondary N) is 2. The number of amides is 2. The van der Waals surface area contributed by atoms with Gasteiger partial charge in [-0.25, -0.2) is 0 Å². The summed E-state index contributed by atoms with van der Waals surface area (Å²) in [7, 11) is 0. The van der Waals surface area contributed by atoms with Crippen LogP contribution in [0, 0.1) is 0 Å². The summed E-state index contributed by atoms with van der Waals surface area (Å²) in [6, 6.07) is 23.8. The van der Waals surface area contributed by atoms with Gasteiger partial charge in [0.05, 0.1) is 5.56 Å². The van der Waals surface area contributed by atoms with Crippen LogP contribution >= 0.6 is 0 Å². The van der Waals surface area contributed by atoms with Crippen LogP contribution in [-0.4, -0.2) is 11.8 Å². The number of ether oxygens (including phenoxy) is 1. The first-order valence-electron chi connectivity index (χ1n) is 8.58. The standard InChI is InChI=1S/C22H20N2O3/c1-16(25)24-18-13-11-17(12-14-18)15-23-22(26)20-9-5-6-10-21(20)27-19-7-3-2-4-8-19/h2-14H,15H2,1H3,(H,23,26)(H,24,25). The fourth-order valence-electron chi connectivity index (χ4n) is 2.55. The largest absolute Gasteiger partial charge is 0.457 e. The van der Waals surface area contributed by atoms with Crippen molar-refractivity contribution in [3.8, 4) is 11.5 Å². The Hall–Kier alpha value is -3.60. The Kier molecular flexibility index (Phi) is 5.84. The number of rotatable bonds is 6. The van der Waals surface area contributed by atoms with Crippen LogP contribution in [0.2, 0.25) is 0 Å². The van der Waals surface area contributed by atoms with Gasteiger partial charge in [-0.3, -0.25) is 9.59 Å². The molecular weight excluding hydrogens is 340 g/mol. The highest BCUT2D eigenvalue weighted by molar-refractivity contribution is 5.97. The monoisotopic (exact) mass is 360 g/mol. The molecule has 0 aromatic heterocycles. The normalized spacial score (nSPS) is 10.1. The molecule has 3 aromatic rings. The summed E-state index contributed by atoms with van der Waals surface area (Å²) in [5, 5.41) is 5.61. The summed E-state index contributed by atoms with van der Waals surface area (Å²) in [5.74, 6) is 0.840. The molecule has 0 fully saturated rings. The number of hydrogen-bond donors (Lipinski definition) is 2. The molecule has 0 atom stereocenters. The summed E-state index contributed by atoms with van der Waals surface area (Å²) < 4.78 is 5.83. The zero-order chi connectivity index (χ0) is 19.1. The van der Waals surface area contributed by atoms with Crippen LogP contribution in [0.5, 0.6) is 11.5 Å². The predicted octanol–water partition coefficient (Wildman–Crippen LogP) is 4.37. The minimum absolute atomic E-state index is 0.119. The number of hydrogen-bond acceptors (Lipinski definition) is 3. The fourth-order valence-corrected chi connectivity index (χ4v) is 2.55. The lowest BCUT2D eigenvalue weighted by molar-refractivity contribution is -0.114. The van der Waals surface area contributed by atoms with Gasteiger partial charge in [0.25, 0.3) is 5.91 Å². The average Bonchev–Trinajstić information content (AvgIpc) is 2.68. The van der Waals surface area contributed by atoms with Crippen molar-refractivity contribution < 1.29 is 14.3 Å². The van der Waals surface area contributed by atoms with E-state index in [0.717, 1.165) is 11.3 Å². The van der Waals surface area contributed by atoms with Gasteiger partial charge in [-0.2, -0.15) is 0 Å². The second-order valence-electron chi connectivity index (χ2n) is 5.97. The van der Waals surface area contributed by atoms with Gasteiger partial charge >= 0.3 is 0 Å². The van der Waals surface area contributed by atoms with Gasteiger partial charge in [0.15, 0.2) is 0 Å². The van der Waals surface area contributed by atoms with Crippen LogP contribution in [0.3, 0.4) is 0 Å². The number of benzene rings is 3. The van der Waals surface area contributed by atoms with Crippen molar-refractivity contribution in [2.24, 2.45) is 0 Å². The molecule has 3 aromatic carbocycles. The van der Waals surface area contributed by atoms with E-state index in [0.29, 0.717) is 23.6 Å². The van der Waals surface area contributed by atoms with Crippen molar-refractivity contribution in [1.82, 2.24) is 5.32 Å². The molecule has 0 bridgehead atoms. The molecule has 2 N–H and O–H groups in total. The van der Waals surface area contributed by atoms with Gasteiger partial charge in [-0.05, 0) is 42.0 Å². The summed E-state index contributed by atoms with van der Waals surface area (Å²) >= 11 is 0. The van der Waals surface area contributed by atoms with Crippen LogP contribution in [-0.2, 0) is 11.3 Å². The minimum atomic E-state index is -0.215. The van der Waals surface area contributed by atoms with E-state index in [4.69, 9.17) is 4.74 Å². The first kappa shape index (κ1) is 18.2. The third-order valence-electron chi connectivity index (χ3n) is 3.83. The highest BCUT2D eigenvalue weighted by atomic mass is 16.5. The molecule has 0 spiro atoms. The third-order valence-corrected chi connectivity index (χ3v) is 3.83. The van der Waals surface area contributed by atoms with Crippen LogP contribution in [0.25, 0.3) is 0 Å². The number of anilines is 1. The second-order valence-corrected chi connectivity index (χ2v) is 5.97. The maximum Gasteiger partial charge on any atom is 0.255 e. The molecule has 0 unspecified atom stereocenters. The quantitative estimate of drug-likeness (QED) is 0.686. The summed E-state index contributed by atoms with van der Waals surface area (Å²) in [4.78, 5) is 23.6. The van der Waals surface area contributed by atoms with Crippen LogP contribution < -0.4 is 15.4 Å². The molecule has 0 aliphatic carbocycles. The highest BCUT2D eigenvalue weighted by Crippen LogP contribution is 2.25. The Bertz CT molecular complexity index is 922. The molecule has 0 aliphatic rings. The highest BCUT2D eigenvalue weighted by Gasteiger charge is 2.12. The van der Waals surface area contributed by atoms with E-state index in [9.17, 15) is 9.59 Å². The lowest BCUT2D eigenvalue weighted by Gasteiger charge is -2.12. The van der Waals surface area contributed by atoms with Crippen molar-refractivity contribution in [2.45, 2.75) is 13.5 Å². The molecule has 0 aliphatic heterocycles. The van der Waals surface area contributed by atoms with E-state index in [2.05, 4.69) is 10.6 Å². The van der Waals surface area contributed by atoms with Crippen LogP contribution in [0.1, 0.15) is 22.8 Å². The molecule has 0 saturated heterocycles. The van der Waals surface area contributed by atoms with Crippen molar-refractivity contribution in [1.29, 1.82) is 0 Å². The first-order valence-corrected chi connectivity index (χ1v) is 8.58. The van der Waals surface area contributed by atoms with Gasteiger partial charge in [0, 0.05) is 19.2 Å². The van der Waals surface area contributed by atoms with Gasteiger partial charge in [0.1, 0.15) is 11.5 Å². The Balaban J connectivity index is 1.65. The summed E-state index contributed by atoms with van der Waals surface area (Å²) in [6.07, 6.45) is 0. The van der Waals surface area contributed by atoms with Gasteiger partial charge in [0.2, 0.25) is 5.91 Å². The number of para-hydroxylation sites is 2. The molecular formula is C22H20N2O3. The Labute approximate surface area is 158 Å². The average molecular weight is 360 g/mol. The Morgan fingerprint density at radius 2 is 1.52 bits per heavy atom. The van der Waals surface area contributed by atoms with Crippen molar-refractivity contribution in [2.75, 3.05) is 5.32 Å². The summed E-state index contributed by atoms with van der Waals surface area (Å²) in [5.41, 5.74) is 2.12. The first-order chi connectivity index (χ1) is 13.1. The molecule has 136 valence electrons. The molecule has 2 amide bonds. The third kappa shape index (κ3) is 5.19. The van der Waals surface area contributed by atoms with Gasteiger partial charge in [-0.1, -0.05) is 42.5 Å². The smallest absolute Gasteiger partial charge is 0.255 e. The molecule has 5 nitrogen and oxygen atoms in total. The molecule has 0 heterocycles. The van der Waals surface area contributed by atoms with Crippen molar-refractivity contribution in [3.63, 3.8) is 0 Å². The van der Waals surface area contributed by atoms with E-state index in [-0.39, 0.29) is 11.8 Å². The Morgan fingerprint density at radius 1 is 0.852 bits per heavy atom. The van der Waals surface area contributed by atoms with Crippen molar-refractivity contribution >= 4 is 17.5 Å². The van der Waals surface area contributed by atoms with Gasteiger partial charge < -0.3 is 15.4 Å². The number of carbonyl (C=O) groups is 2. The SMILES string of the molecule is CC(=O)Nc1ccc(CNC(=O)c2ccccc2Oc2ccccc2)cc1. The van der Waals surface area contributed by atoms with E-state index < -0.39 is 0 Å². The second kappa shape index (κ2) is 8.67. The summed E-state index contributed by atoms with van der Waals surface area (Å²) in [6.45, 7) is 1.84. The van der Waals surface area contributed by atoms with E-state index in [1.807, 2.05) is 48.5 Å². The molecule has 5 heteroatoms. The number of carbonyl (C=O) groups excluding carboxylic acids is 2. The van der Waals surface area contributed by atoms with E-state index in [1.54, 1.807) is 30.3 Å². The molecule has 3 rings (SSSR count). The van der Waals surface area contributed by atoms with Crippen molar-refractivity contribution in [3.05, 3.63) is 90.0 Å². The molecule has 27 heavy (non-hydrogen) atoms. The maximum atomic E-state index is 12.6.